The summed E-state index contributed by atoms with van der Waals surface area (Å²) in [4.78, 5) is 17.3. The molecule has 0 saturated carbocycles. The third-order valence-corrected chi connectivity index (χ3v) is 7.42. The summed E-state index contributed by atoms with van der Waals surface area (Å²) in [5.74, 6) is 0.903. The Hall–Kier alpha value is -2.74. The first-order valence-electron chi connectivity index (χ1n) is 9.59. The molecule has 0 aliphatic carbocycles. The molecule has 5 rings (SSSR count). The smallest absolute Gasteiger partial charge is 0.242 e. The first-order chi connectivity index (χ1) is 15.1. The Balaban J connectivity index is 1.41. The predicted molar refractivity (Wildman–Crippen MR) is 126 cm³/mol. The predicted octanol–water partition coefficient (Wildman–Crippen LogP) is 6.06. The van der Waals surface area contributed by atoms with Gasteiger partial charge in [0.2, 0.25) is 5.91 Å². The van der Waals surface area contributed by atoms with E-state index in [9.17, 15) is 4.79 Å². The third-order valence-electron chi connectivity index (χ3n) is 4.96. The van der Waals surface area contributed by atoms with Gasteiger partial charge >= 0.3 is 0 Å². The van der Waals surface area contributed by atoms with E-state index in [2.05, 4.69) is 10.2 Å². The van der Waals surface area contributed by atoms with Crippen LogP contribution in [0.1, 0.15) is 0 Å². The van der Waals surface area contributed by atoms with Crippen molar-refractivity contribution in [2.75, 3.05) is 10.7 Å². The lowest BCUT2D eigenvalue weighted by Crippen LogP contribution is -2.30. The molecule has 0 unspecified atom stereocenters. The van der Waals surface area contributed by atoms with Crippen LogP contribution in [0.3, 0.4) is 0 Å². The number of para-hydroxylation sites is 2. The maximum absolute atomic E-state index is 13.4. The van der Waals surface area contributed by atoms with Gasteiger partial charge in [0.1, 0.15) is 0 Å². The average molecular weight is 465 g/mol. The molecular weight excluding hydrogens is 448 g/mol. The van der Waals surface area contributed by atoms with Crippen molar-refractivity contribution in [2.45, 2.75) is 14.9 Å². The van der Waals surface area contributed by atoms with Crippen molar-refractivity contribution in [1.82, 2.24) is 14.8 Å². The van der Waals surface area contributed by atoms with Crippen molar-refractivity contribution in [3.05, 3.63) is 77.8 Å². The average Bonchev–Trinajstić information content (AvgIpc) is 3.16. The normalized spacial score (nSPS) is 12.4. The first-order valence-corrected chi connectivity index (χ1v) is 11.8. The molecule has 0 saturated heterocycles. The van der Waals surface area contributed by atoms with Gasteiger partial charge in [-0.25, -0.2) is 0 Å². The Kier molecular flexibility index (Phi) is 5.48. The highest BCUT2D eigenvalue weighted by molar-refractivity contribution is 8.00. The number of carbonyl (C=O) groups excluding carboxylic acids is 1. The van der Waals surface area contributed by atoms with Gasteiger partial charge in [-0.05, 0) is 36.4 Å². The van der Waals surface area contributed by atoms with E-state index in [4.69, 9.17) is 11.6 Å². The van der Waals surface area contributed by atoms with E-state index in [0.717, 1.165) is 26.7 Å². The fourth-order valence-corrected chi connectivity index (χ4v) is 5.52. The van der Waals surface area contributed by atoms with Gasteiger partial charge in [0.05, 0.1) is 22.2 Å². The van der Waals surface area contributed by atoms with Gasteiger partial charge in [0.15, 0.2) is 11.0 Å². The Morgan fingerprint density at radius 1 is 0.935 bits per heavy atom. The highest BCUT2D eigenvalue weighted by atomic mass is 35.5. The molecule has 1 aliphatic heterocycles. The van der Waals surface area contributed by atoms with E-state index in [-0.39, 0.29) is 11.7 Å². The summed E-state index contributed by atoms with van der Waals surface area (Å²) in [7, 11) is 1.88. The van der Waals surface area contributed by atoms with Crippen LogP contribution < -0.4 is 4.90 Å². The molecule has 0 atom stereocenters. The zero-order chi connectivity index (χ0) is 21.4. The Labute approximate surface area is 193 Å². The van der Waals surface area contributed by atoms with Crippen molar-refractivity contribution in [3.63, 3.8) is 0 Å². The molecule has 0 radical (unpaired) electrons. The maximum atomic E-state index is 13.4. The van der Waals surface area contributed by atoms with E-state index in [1.165, 1.54) is 11.8 Å². The SMILES string of the molecule is Cn1c(SCC(=O)N2c3ccccc3Sc3ccccc32)nnc1-c1ccccc1Cl. The van der Waals surface area contributed by atoms with Crippen molar-refractivity contribution < 1.29 is 4.79 Å². The number of amides is 1. The van der Waals surface area contributed by atoms with E-state index in [1.807, 2.05) is 84.4 Å². The number of halogens is 1. The number of hydrogen-bond donors (Lipinski definition) is 0. The monoisotopic (exact) mass is 464 g/mol. The minimum Gasteiger partial charge on any atom is -0.305 e. The minimum atomic E-state index is -0.00695. The van der Waals surface area contributed by atoms with Gasteiger partial charge < -0.3 is 4.57 Å². The lowest BCUT2D eigenvalue weighted by molar-refractivity contribution is -0.115. The largest absolute Gasteiger partial charge is 0.305 e. The molecule has 0 bridgehead atoms. The second-order valence-electron chi connectivity index (χ2n) is 6.90. The topological polar surface area (TPSA) is 51.0 Å². The summed E-state index contributed by atoms with van der Waals surface area (Å²) in [6, 6.07) is 23.5. The number of fused-ring (bicyclic) bond motifs is 2. The molecule has 154 valence electrons. The van der Waals surface area contributed by atoms with Crippen LogP contribution in [0.4, 0.5) is 11.4 Å². The number of thioether (sulfide) groups is 1. The highest BCUT2D eigenvalue weighted by Gasteiger charge is 2.28. The Bertz CT molecular complexity index is 1240. The lowest BCUT2D eigenvalue weighted by Gasteiger charge is -2.30. The molecule has 1 aromatic heterocycles. The second kappa shape index (κ2) is 8.42. The summed E-state index contributed by atoms with van der Waals surface area (Å²) >= 11 is 9.37. The quantitative estimate of drug-likeness (QED) is 0.344. The van der Waals surface area contributed by atoms with Crippen molar-refractivity contribution in [2.24, 2.45) is 7.05 Å². The first kappa shape index (κ1) is 20.2. The fraction of sp³-hybridized carbons (Fsp3) is 0.0870. The van der Waals surface area contributed by atoms with Gasteiger partial charge in [-0.1, -0.05) is 71.5 Å². The minimum absolute atomic E-state index is 0.00695. The number of hydrogen-bond acceptors (Lipinski definition) is 5. The molecule has 4 aromatic rings. The molecule has 1 aliphatic rings. The molecule has 31 heavy (non-hydrogen) atoms. The lowest BCUT2D eigenvalue weighted by atomic mass is 10.2. The van der Waals surface area contributed by atoms with Crippen molar-refractivity contribution >= 4 is 52.4 Å². The van der Waals surface area contributed by atoms with Crippen molar-refractivity contribution in [3.8, 4) is 11.4 Å². The molecule has 8 heteroatoms. The van der Waals surface area contributed by atoms with Crippen LogP contribution >= 0.6 is 35.1 Å². The van der Waals surface area contributed by atoms with Crippen molar-refractivity contribution in [1.29, 1.82) is 0 Å². The zero-order valence-corrected chi connectivity index (χ0v) is 18.9. The van der Waals surface area contributed by atoms with Crippen LogP contribution in [0.2, 0.25) is 5.02 Å². The number of nitrogens with zero attached hydrogens (tertiary/aromatic N) is 4. The number of rotatable bonds is 4. The van der Waals surface area contributed by atoms with Gasteiger partial charge in [-0.3, -0.25) is 9.69 Å². The molecule has 3 aromatic carbocycles. The fourth-order valence-electron chi connectivity index (χ4n) is 3.48. The number of anilines is 2. The van der Waals surface area contributed by atoms with Crippen LogP contribution in [0.5, 0.6) is 0 Å². The summed E-state index contributed by atoms with van der Waals surface area (Å²) < 4.78 is 1.87. The van der Waals surface area contributed by atoms with Crippen LogP contribution in [-0.4, -0.2) is 26.4 Å². The van der Waals surface area contributed by atoms with Gasteiger partial charge in [-0.15, -0.1) is 10.2 Å². The molecule has 1 amide bonds. The number of aromatic nitrogens is 3. The molecule has 0 spiro atoms. The van der Waals surface area contributed by atoms with Gasteiger partial charge in [0.25, 0.3) is 0 Å². The zero-order valence-electron chi connectivity index (χ0n) is 16.5. The van der Waals surface area contributed by atoms with Crippen LogP contribution in [0.25, 0.3) is 11.4 Å². The van der Waals surface area contributed by atoms with E-state index in [0.29, 0.717) is 16.0 Å². The third kappa shape index (κ3) is 3.73. The summed E-state index contributed by atoms with van der Waals surface area (Å²) in [6.45, 7) is 0. The molecule has 2 heterocycles. The highest BCUT2D eigenvalue weighted by Crippen LogP contribution is 2.48. The van der Waals surface area contributed by atoms with E-state index in [1.54, 1.807) is 16.7 Å². The second-order valence-corrected chi connectivity index (χ2v) is 9.33. The van der Waals surface area contributed by atoms with Crippen LogP contribution in [0.15, 0.2) is 87.7 Å². The van der Waals surface area contributed by atoms with Crippen LogP contribution in [0, 0.1) is 0 Å². The molecular formula is C23H17ClN4OS2. The number of carbonyl (C=O) groups is 1. The maximum Gasteiger partial charge on any atom is 0.242 e. The Morgan fingerprint density at radius 3 is 2.23 bits per heavy atom. The molecule has 5 nitrogen and oxygen atoms in total. The Morgan fingerprint density at radius 2 is 1.55 bits per heavy atom. The van der Waals surface area contributed by atoms with E-state index < -0.39 is 0 Å². The standard InChI is InChI=1S/C23H17ClN4OS2/c1-27-22(15-8-2-3-9-16(15)24)25-26-23(27)30-14-21(29)28-17-10-4-6-12-19(17)31-20-13-7-5-11-18(20)28/h2-13H,14H2,1H3. The summed E-state index contributed by atoms with van der Waals surface area (Å²) in [5, 5.41) is 9.85. The number of benzene rings is 3. The van der Waals surface area contributed by atoms with Gasteiger partial charge in [-0.2, -0.15) is 0 Å². The molecule has 0 N–H and O–H groups in total. The van der Waals surface area contributed by atoms with Crippen LogP contribution in [-0.2, 0) is 11.8 Å². The van der Waals surface area contributed by atoms with Gasteiger partial charge in [0, 0.05) is 22.4 Å². The summed E-state index contributed by atoms with van der Waals surface area (Å²) in [6.07, 6.45) is 0. The summed E-state index contributed by atoms with van der Waals surface area (Å²) in [5.41, 5.74) is 2.63. The molecule has 0 fully saturated rings. The van der Waals surface area contributed by atoms with E-state index >= 15 is 0 Å².